The molecule has 0 fully saturated rings. The van der Waals surface area contributed by atoms with Gasteiger partial charge in [-0.3, -0.25) is 0 Å². The lowest BCUT2D eigenvalue weighted by Crippen LogP contribution is -2.58. The van der Waals surface area contributed by atoms with Crippen LogP contribution < -0.4 is 30.9 Å². The number of ether oxygens (including phenoxy) is 1. The van der Waals surface area contributed by atoms with Gasteiger partial charge < -0.3 is 19.1 Å². The number of rotatable bonds is 7. The highest BCUT2D eigenvalue weighted by Gasteiger charge is 2.43. The van der Waals surface area contributed by atoms with Gasteiger partial charge in [0, 0.05) is 81.3 Å². The Morgan fingerprint density at radius 3 is 1.63 bits per heavy atom. The number of para-hydroxylation sites is 3. The van der Waals surface area contributed by atoms with E-state index in [0.717, 1.165) is 46.4 Å². The number of nitrogens with zero attached hydrogens (tertiary/aromatic N) is 3. The summed E-state index contributed by atoms with van der Waals surface area (Å²) in [5, 5.41) is 5.10. The van der Waals surface area contributed by atoms with Crippen LogP contribution in [-0.4, -0.2) is 11.3 Å². The van der Waals surface area contributed by atoms with Crippen molar-refractivity contribution in [1.29, 1.82) is 0 Å². The molecular weight excluding hydrogens is 1050 g/mol. The molecule has 0 saturated heterocycles. The Morgan fingerprint density at radius 2 is 1.01 bits per heavy atom. The van der Waals surface area contributed by atoms with Gasteiger partial charge in [0.05, 0.1) is 22.4 Å². The van der Waals surface area contributed by atoms with Crippen LogP contribution >= 0.6 is 23.1 Å². The van der Waals surface area contributed by atoms with Gasteiger partial charge in [0.2, 0.25) is 0 Å². The second-order valence-corrected chi connectivity index (χ2v) is 28.9. The maximum atomic E-state index is 7.56. The van der Waals surface area contributed by atoms with Crippen LogP contribution in [0, 0.1) is 0 Å². The molecule has 4 nitrogen and oxygen atoms in total. The highest BCUT2D eigenvalue weighted by molar-refractivity contribution is 8.00. The van der Waals surface area contributed by atoms with E-state index in [9.17, 15) is 0 Å². The van der Waals surface area contributed by atoms with Crippen molar-refractivity contribution in [1.82, 2.24) is 4.57 Å². The number of aromatic nitrogens is 1. The third kappa shape index (κ3) is 8.39. The van der Waals surface area contributed by atoms with Crippen LogP contribution in [-0.2, 0) is 21.7 Å². The molecule has 0 spiro atoms. The third-order valence-corrected chi connectivity index (χ3v) is 20.8. The summed E-state index contributed by atoms with van der Waals surface area (Å²) in [5.74, 6) is 1.77. The smallest absolute Gasteiger partial charge is 0.255 e. The topological polar surface area (TPSA) is 20.6 Å². The Labute approximate surface area is 497 Å². The molecule has 0 amide bonds. The minimum atomic E-state index is -0.117. The first-order chi connectivity index (χ1) is 39.9. The van der Waals surface area contributed by atoms with Crippen molar-refractivity contribution in [2.24, 2.45) is 0 Å². The number of anilines is 6. The molecule has 0 N–H and O–H groups in total. The van der Waals surface area contributed by atoms with Gasteiger partial charge in [-0.2, -0.15) is 0 Å². The van der Waals surface area contributed by atoms with Crippen molar-refractivity contribution in [3.8, 4) is 17.2 Å². The van der Waals surface area contributed by atoms with Gasteiger partial charge in [-0.1, -0.05) is 178 Å². The number of hydrogen-bond acceptors (Lipinski definition) is 5. The summed E-state index contributed by atoms with van der Waals surface area (Å²) >= 11 is 3.85. The SMILES string of the molecule is CC(C)(C)c1ccc2c(c1)c1cc(C(C)(C)C)ccc1n2-c1cc2c3c(c1)Sc1cc(N(c4ccccc4)c4ccc5c(c4)C(C)(C)CCC5(C)C)c4c(sc5ccccc54)c1B3c1ccc(N(c3ccccc3)c3ccccc3)cc1O2. The molecule has 0 unspecified atom stereocenters. The van der Waals surface area contributed by atoms with E-state index in [-0.39, 0.29) is 28.4 Å². The van der Waals surface area contributed by atoms with E-state index in [1.54, 1.807) is 0 Å². The molecule has 3 aliphatic rings. The summed E-state index contributed by atoms with van der Waals surface area (Å²) in [6.07, 6.45) is 2.32. The van der Waals surface area contributed by atoms with E-state index in [4.69, 9.17) is 4.74 Å². The van der Waals surface area contributed by atoms with E-state index >= 15 is 0 Å². The normalized spacial score (nSPS) is 15.0. The Morgan fingerprint density at radius 1 is 0.470 bits per heavy atom. The molecule has 0 bridgehead atoms. The quantitative estimate of drug-likeness (QED) is 0.148. The van der Waals surface area contributed by atoms with Crippen molar-refractivity contribution in [3.05, 3.63) is 229 Å². The standard InChI is InChI=1S/C76H68BN3OS2/c1-73(2,3)47-30-36-61-56(40-47)57-41-48(74(4,5)6)31-37-62(57)80(61)54-44-65-70-67(45-54)82-68-46-63(79(51-26-18-13-19-27-51)52-32-34-58-59(42-52)76(9,10)39-38-75(58,7)8)69-55-28-20-21-29-66(55)83-72(69)71(68)77(70)60-35-33-53(43-64(60)81-65)78(49-22-14-11-15-23-49)50-24-16-12-17-25-50/h11-37,40-46H,38-39H2,1-10H3. The highest BCUT2D eigenvalue weighted by Crippen LogP contribution is 2.53. The lowest BCUT2D eigenvalue weighted by Gasteiger charge is -2.42. The molecule has 1 aliphatic carbocycles. The van der Waals surface area contributed by atoms with E-state index in [1.165, 1.54) is 108 Å². The van der Waals surface area contributed by atoms with Crippen LogP contribution in [0.25, 0.3) is 47.7 Å². The van der Waals surface area contributed by atoms with E-state index in [0.29, 0.717) is 0 Å². The average Bonchev–Trinajstić information content (AvgIpc) is 2.43. The fourth-order valence-corrected chi connectivity index (χ4v) is 16.4. The predicted molar refractivity (Wildman–Crippen MR) is 357 cm³/mol. The average molecular weight is 1110 g/mol. The first kappa shape index (κ1) is 51.9. The van der Waals surface area contributed by atoms with Gasteiger partial charge in [-0.05, 0) is 170 Å². The third-order valence-electron chi connectivity index (χ3n) is 18.4. The van der Waals surface area contributed by atoms with Crippen LogP contribution in [0.4, 0.5) is 34.1 Å². The van der Waals surface area contributed by atoms with Crippen LogP contribution in [0.5, 0.6) is 11.5 Å². The molecule has 83 heavy (non-hydrogen) atoms. The van der Waals surface area contributed by atoms with E-state index < -0.39 is 0 Å². The summed E-state index contributed by atoms with van der Waals surface area (Å²) in [6, 6.07) is 77.6. The van der Waals surface area contributed by atoms with E-state index in [1.807, 2.05) is 23.1 Å². The second-order valence-electron chi connectivity index (χ2n) is 26.8. The van der Waals surface area contributed by atoms with Crippen molar-refractivity contribution in [2.75, 3.05) is 9.80 Å². The van der Waals surface area contributed by atoms with Crippen molar-refractivity contribution >= 4 is 122 Å². The molecule has 15 rings (SSSR count). The van der Waals surface area contributed by atoms with Gasteiger partial charge in [-0.25, -0.2) is 0 Å². The molecular formula is C76H68BN3OS2. The Kier molecular flexibility index (Phi) is 11.7. The molecule has 2 aliphatic heterocycles. The lowest BCUT2D eigenvalue weighted by molar-refractivity contribution is 0.332. The zero-order valence-electron chi connectivity index (χ0n) is 49.2. The van der Waals surface area contributed by atoms with Crippen LogP contribution in [0.3, 0.4) is 0 Å². The Bertz CT molecular complexity index is 4490. The van der Waals surface area contributed by atoms with Crippen molar-refractivity contribution in [2.45, 2.75) is 114 Å². The summed E-state index contributed by atoms with van der Waals surface area (Å²) in [6.45, 7) is 23.5. The van der Waals surface area contributed by atoms with Gasteiger partial charge in [0.25, 0.3) is 6.71 Å². The highest BCUT2D eigenvalue weighted by atomic mass is 32.2. The maximum Gasteiger partial charge on any atom is 0.255 e. The number of hydrogen-bond donors (Lipinski definition) is 0. The first-order valence-corrected chi connectivity index (χ1v) is 31.2. The minimum absolute atomic E-state index is 0.0157. The number of benzene rings is 10. The molecule has 2 aromatic heterocycles. The molecule has 7 heteroatoms. The predicted octanol–water partition coefficient (Wildman–Crippen LogP) is 20.1. The summed E-state index contributed by atoms with van der Waals surface area (Å²) in [7, 11) is 0. The molecule has 0 radical (unpaired) electrons. The zero-order valence-corrected chi connectivity index (χ0v) is 50.8. The molecule has 0 saturated carbocycles. The van der Waals surface area contributed by atoms with Gasteiger partial charge >= 0.3 is 0 Å². The molecule has 10 aromatic carbocycles. The van der Waals surface area contributed by atoms with Crippen LogP contribution in [0.15, 0.2) is 216 Å². The molecule has 4 heterocycles. The second kappa shape index (κ2) is 18.8. The minimum Gasteiger partial charge on any atom is -0.458 e. The van der Waals surface area contributed by atoms with Crippen molar-refractivity contribution < 1.29 is 4.74 Å². The maximum absolute atomic E-state index is 7.56. The molecule has 12 aromatic rings. The van der Waals surface area contributed by atoms with Gasteiger partial charge in [-0.15, -0.1) is 11.3 Å². The first-order valence-electron chi connectivity index (χ1n) is 29.6. The van der Waals surface area contributed by atoms with Crippen LogP contribution in [0.1, 0.15) is 104 Å². The largest absolute Gasteiger partial charge is 0.458 e. The zero-order chi connectivity index (χ0) is 56.9. The molecule has 408 valence electrons. The fraction of sp³-hybridized carbons (Fsp3) is 0.211. The number of fused-ring (bicyclic) bond motifs is 12. The summed E-state index contributed by atoms with van der Waals surface area (Å²) in [4.78, 5) is 7.39. The summed E-state index contributed by atoms with van der Waals surface area (Å²) < 4.78 is 12.7. The summed E-state index contributed by atoms with van der Waals surface area (Å²) in [5.41, 5.74) is 19.6. The van der Waals surface area contributed by atoms with Crippen LogP contribution in [0.2, 0.25) is 0 Å². The Balaban J connectivity index is 1.01. The lowest BCUT2D eigenvalue weighted by atomic mass is 9.35. The van der Waals surface area contributed by atoms with E-state index in [2.05, 4.69) is 290 Å². The molecule has 0 atom stereocenters. The number of thiophene rings is 1. The Hall–Kier alpha value is -7.97. The monoisotopic (exact) mass is 1110 g/mol. The van der Waals surface area contributed by atoms with Crippen molar-refractivity contribution in [3.63, 3.8) is 0 Å². The fourth-order valence-electron chi connectivity index (χ4n) is 13.8. The van der Waals surface area contributed by atoms with Gasteiger partial charge in [0.15, 0.2) is 0 Å². The van der Waals surface area contributed by atoms with Gasteiger partial charge in [0.1, 0.15) is 11.5 Å².